The molecule has 0 radical (unpaired) electrons. The smallest absolute Gasteiger partial charge is 0.407 e. The van der Waals surface area contributed by atoms with Crippen LogP contribution in [0.15, 0.2) is 47.2 Å². The number of nitrogens with one attached hydrogen (secondary N) is 1. The van der Waals surface area contributed by atoms with E-state index in [-0.39, 0.29) is 5.41 Å². The van der Waals surface area contributed by atoms with Crippen LogP contribution in [0.1, 0.15) is 62.3 Å². The van der Waals surface area contributed by atoms with Crippen LogP contribution in [0.25, 0.3) is 0 Å². The second-order valence-electron chi connectivity index (χ2n) is 7.33. The minimum absolute atomic E-state index is 0.291. The Kier molecular flexibility index (Phi) is 12.7. The van der Waals surface area contributed by atoms with Crippen molar-refractivity contribution in [3.05, 3.63) is 47.2 Å². The van der Waals surface area contributed by atoms with Crippen molar-refractivity contribution in [3.63, 3.8) is 0 Å². The highest BCUT2D eigenvalue weighted by molar-refractivity contribution is 5.86. The largest absolute Gasteiger partial charge is 0.444 e. The normalized spacial score (nSPS) is 15.4. The van der Waals surface area contributed by atoms with E-state index in [1.807, 2.05) is 53.7 Å². The molecular formula is C22H39N3O3. The summed E-state index contributed by atoms with van der Waals surface area (Å²) in [6, 6.07) is 0. The first kappa shape index (κ1) is 27.7. The fourth-order valence-corrected chi connectivity index (χ4v) is 2.24. The molecule has 0 atom stereocenters. The standard InChI is InChI=1S/C18H27N3O3.2C2H6/c1-17(2,3)24-16(23)21-11-12-8-14(19)13(6-7-15(20)22)10-18(4,5)9-12;2*1-2/h6-10H,11,19H2,1-5H3,(H2,20,22)(H,21,23);2*1-2H3/b7-6+;;. The van der Waals surface area contributed by atoms with Crippen molar-refractivity contribution in [3.8, 4) is 0 Å². The number of primary amides is 1. The summed E-state index contributed by atoms with van der Waals surface area (Å²) >= 11 is 0. The number of carbonyl (C=O) groups excluding carboxylic acids is 2. The summed E-state index contributed by atoms with van der Waals surface area (Å²) in [6.45, 7) is 17.7. The van der Waals surface area contributed by atoms with Gasteiger partial charge in [-0.3, -0.25) is 4.79 Å². The quantitative estimate of drug-likeness (QED) is 0.617. The van der Waals surface area contributed by atoms with Crippen LogP contribution < -0.4 is 16.8 Å². The molecule has 2 amide bonds. The molecule has 5 N–H and O–H groups in total. The highest BCUT2D eigenvalue weighted by Crippen LogP contribution is 2.29. The number of ether oxygens (including phenoxy) is 1. The molecule has 1 aliphatic carbocycles. The average molecular weight is 394 g/mol. The Morgan fingerprint density at radius 3 is 2.14 bits per heavy atom. The van der Waals surface area contributed by atoms with E-state index < -0.39 is 17.6 Å². The van der Waals surface area contributed by atoms with Crippen molar-refractivity contribution >= 4 is 12.0 Å². The van der Waals surface area contributed by atoms with E-state index in [0.29, 0.717) is 17.8 Å². The van der Waals surface area contributed by atoms with Crippen LogP contribution in [0, 0.1) is 5.41 Å². The van der Waals surface area contributed by atoms with Gasteiger partial charge in [0.15, 0.2) is 0 Å². The van der Waals surface area contributed by atoms with E-state index in [0.717, 1.165) is 5.57 Å². The Hall–Kier alpha value is -2.50. The second kappa shape index (κ2) is 12.8. The first-order valence-corrected chi connectivity index (χ1v) is 9.74. The van der Waals surface area contributed by atoms with E-state index in [1.54, 1.807) is 32.9 Å². The van der Waals surface area contributed by atoms with Crippen LogP contribution in [-0.4, -0.2) is 24.1 Å². The molecule has 0 unspecified atom stereocenters. The van der Waals surface area contributed by atoms with Crippen LogP contribution in [0.2, 0.25) is 0 Å². The molecule has 1 rings (SSSR count). The molecule has 0 aromatic carbocycles. The maximum atomic E-state index is 11.8. The zero-order chi connectivity index (χ0) is 22.5. The van der Waals surface area contributed by atoms with Gasteiger partial charge in [-0.15, -0.1) is 0 Å². The Bertz CT molecular complexity index is 634. The molecule has 0 fully saturated rings. The average Bonchev–Trinajstić information content (AvgIpc) is 2.68. The van der Waals surface area contributed by atoms with Gasteiger partial charge < -0.3 is 21.5 Å². The van der Waals surface area contributed by atoms with Gasteiger partial charge >= 0.3 is 6.09 Å². The van der Waals surface area contributed by atoms with Gasteiger partial charge in [0, 0.05) is 23.7 Å². The fraction of sp³-hybridized carbons (Fsp3) is 0.545. The molecule has 160 valence electrons. The maximum Gasteiger partial charge on any atom is 0.407 e. The van der Waals surface area contributed by atoms with Gasteiger partial charge in [0.25, 0.3) is 0 Å². The third-order valence-corrected chi connectivity index (χ3v) is 3.02. The first-order chi connectivity index (χ1) is 12.9. The molecular weight excluding hydrogens is 354 g/mol. The molecule has 0 aliphatic heterocycles. The van der Waals surface area contributed by atoms with Crippen LogP contribution in [0.5, 0.6) is 0 Å². The zero-order valence-electron chi connectivity index (χ0n) is 19.0. The van der Waals surface area contributed by atoms with Crippen molar-refractivity contribution in [1.29, 1.82) is 0 Å². The lowest BCUT2D eigenvalue weighted by Crippen LogP contribution is -2.33. The highest BCUT2D eigenvalue weighted by atomic mass is 16.6. The van der Waals surface area contributed by atoms with Gasteiger partial charge in [0.05, 0.1) is 0 Å². The van der Waals surface area contributed by atoms with Crippen molar-refractivity contribution in [2.75, 3.05) is 6.54 Å². The lowest BCUT2D eigenvalue weighted by molar-refractivity contribution is -0.113. The minimum Gasteiger partial charge on any atom is -0.444 e. The zero-order valence-corrected chi connectivity index (χ0v) is 19.0. The van der Waals surface area contributed by atoms with Crippen LogP contribution in [0.3, 0.4) is 0 Å². The predicted octanol–water partition coefficient (Wildman–Crippen LogP) is 4.34. The Morgan fingerprint density at radius 1 is 1.14 bits per heavy atom. The molecule has 0 heterocycles. The van der Waals surface area contributed by atoms with Gasteiger partial charge in [0.2, 0.25) is 5.91 Å². The predicted molar refractivity (Wildman–Crippen MR) is 117 cm³/mol. The highest BCUT2D eigenvalue weighted by Gasteiger charge is 2.19. The van der Waals surface area contributed by atoms with E-state index in [2.05, 4.69) is 5.32 Å². The number of nitrogens with two attached hydrogens (primary N) is 2. The molecule has 6 nitrogen and oxygen atoms in total. The lowest BCUT2D eigenvalue weighted by Gasteiger charge is -2.20. The van der Waals surface area contributed by atoms with Gasteiger partial charge in [-0.2, -0.15) is 0 Å². The number of alkyl carbamates (subject to hydrolysis) is 1. The third-order valence-electron chi connectivity index (χ3n) is 3.02. The van der Waals surface area contributed by atoms with Crippen LogP contribution >= 0.6 is 0 Å². The summed E-state index contributed by atoms with van der Waals surface area (Å²) in [5.41, 5.74) is 12.4. The summed E-state index contributed by atoms with van der Waals surface area (Å²) in [7, 11) is 0. The summed E-state index contributed by atoms with van der Waals surface area (Å²) in [5, 5.41) is 2.72. The van der Waals surface area contributed by atoms with Gasteiger partial charge in [0.1, 0.15) is 5.60 Å². The third kappa shape index (κ3) is 12.8. The Balaban J connectivity index is 0. The summed E-state index contributed by atoms with van der Waals surface area (Å²) in [6.07, 6.45) is 8.09. The van der Waals surface area contributed by atoms with Crippen molar-refractivity contribution in [2.24, 2.45) is 16.9 Å². The van der Waals surface area contributed by atoms with Crippen LogP contribution in [0.4, 0.5) is 4.79 Å². The molecule has 1 aliphatic rings. The molecule has 28 heavy (non-hydrogen) atoms. The summed E-state index contributed by atoms with van der Waals surface area (Å²) in [5.74, 6) is -0.537. The molecule has 0 spiro atoms. The summed E-state index contributed by atoms with van der Waals surface area (Å²) < 4.78 is 5.22. The molecule has 6 heteroatoms. The maximum absolute atomic E-state index is 11.8. The number of hydrogen-bond acceptors (Lipinski definition) is 4. The number of allylic oxidation sites excluding steroid dienone is 3. The van der Waals surface area contributed by atoms with Crippen LogP contribution in [-0.2, 0) is 9.53 Å². The minimum atomic E-state index is -0.551. The van der Waals surface area contributed by atoms with Gasteiger partial charge in [-0.05, 0) is 44.1 Å². The molecule has 0 aromatic heterocycles. The lowest BCUT2D eigenvalue weighted by atomic mass is 9.89. The number of amides is 2. The van der Waals surface area contributed by atoms with E-state index in [1.165, 1.54) is 6.08 Å². The van der Waals surface area contributed by atoms with Crippen molar-refractivity contribution < 1.29 is 14.3 Å². The topological polar surface area (TPSA) is 107 Å². The SMILES string of the molecule is CC.CC.CC1(C)C=C(CNC(=O)OC(C)(C)C)C=C(N)C(/C=C/C(N)=O)=C1. The number of hydrogen-bond donors (Lipinski definition) is 3. The van der Waals surface area contributed by atoms with E-state index in [9.17, 15) is 9.59 Å². The Labute approximate surface area is 170 Å². The van der Waals surface area contributed by atoms with Gasteiger partial charge in [-0.1, -0.05) is 53.7 Å². The van der Waals surface area contributed by atoms with E-state index in [4.69, 9.17) is 16.2 Å². The molecule has 0 saturated carbocycles. The summed E-state index contributed by atoms with van der Waals surface area (Å²) in [4.78, 5) is 22.7. The molecule has 0 saturated heterocycles. The Morgan fingerprint density at radius 2 is 1.68 bits per heavy atom. The molecule has 0 aromatic rings. The monoisotopic (exact) mass is 393 g/mol. The fourth-order valence-electron chi connectivity index (χ4n) is 2.24. The van der Waals surface area contributed by atoms with Gasteiger partial charge in [-0.25, -0.2) is 4.79 Å². The van der Waals surface area contributed by atoms with Crippen molar-refractivity contribution in [1.82, 2.24) is 5.32 Å². The number of carbonyl (C=O) groups is 2. The first-order valence-electron chi connectivity index (χ1n) is 9.74. The number of rotatable bonds is 4. The second-order valence-corrected chi connectivity index (χ2v) is 7.33. The van der Waals surface area contributed by atoms with Crippen molar-refractivity contribution in [2.45, 2.75) is 67.9 Å². The van der Waals surface area contributed by atoms with E-state index >= 15 is 0 Å². The molecule has 0 bridgehead atoms.